The second kappa shape index (κ2) is 5.59. The maximum atomic E-state index is 12.2. The number of hydrogen-bond acceptors (Lipinski definition) is 2. The van der Waals surface area contributed by atoms with Crippen molar-refractivity contribution in [1.82, 2.24) is 5.27 Å². The molecule has 0 aliphatic rings. The summed E-state index contributed by atoms with van der Waals surface area (Å²) in [5, 5.41) is 5.19. The van der Waals surface area contributed by atoms with Crippen LogP contribution in [0.3, 0.4) is 0 Å². The fourth-order valence-electron chi connectivity index (χ4n) is 2.68. The fraction of sp³-hybridized carbons (Fsp3) is 0.529. The Bertz CT molecular complexity index is 762. The summed E-state index contributed by atoms with van der Waals surface area (Å²) in [6, 6.07) is 8.41. The summed E-state index contributed by atoms with van der Waals surface area (Å²) < 4.78 is 7.06. The Hall–Kier alpha value is -1.41. The molecule has 0 saturated carbocycles. The second-order valence-electron chi connectivity index (χ2n) is 8.81. The first-order chi connectivity index (χ1) is 10.4. The lowest BCUT2D eigenvalue weighted by molar-refractivity contribution is -0.653. The largest absolute Gasteiger partial charge is 0.424 e. The minimum Gasteiger partial charge on any atom is -0.283 e. The van der Waals surface area contributed by atoms with Crippen LogP contribution in [0.4, 0.5) is 0 Å². The first-order valence-corrected chi connectivity index (χ1v) is 14.6. The third kappa shape index (κ3) is 3.14. The van der Waals surface area contributed by atoms with Gasteiger partial charge in [0, 0.05) is 11.3 Å². The summed E-state index contributed by atoms with van der Waals surface area (Å²) in [6.07, 6.45) is 0. The van der Waals surface area contributed by atoms with Gasteiger partial charge in [-0.05, 0) is 15.0 Å². The van der Waals surface area contributed by atoms with Crippen LogP contribution < -0.4 is 20.8 Å². The lowest BCUT2D eigenvalue weighted by atomic mass is 10.2. The van der Waals surface area contributed by atoms with Crippen LogP contribution in [0.25, 0.3) is 5.69 Å². The molecule has 6 heteroatoms. The van der Waals surface area contributed by atoms with Crippen LogP contribution >= 0.6 is 0 Å². The molecule has 4 nitrogen and oxygen atoms in total. The fourth-order valence-corrected chi connectivity index (χ4v) is 6.34. The van der Waals surface area contributed by atoms with Crippen LogP contribution in [-0.2, 0) is 0 Å². The van der Waals surface area contributed by atoms with Crippen LogP contribution in [0.1, 0.15) is 20.8 Å². The molecule has 1 aromatic heterocycles. The lowest BCUT2D eigenvalue weighted by Crippen LogP contribution is -2.66. The molecule has 1 heterocycles. The third-order valence-corrected chi connectivity index (χ3v) is 12.4. The zero-order chi connectivity index (χ0) is 17.6. The number of benzene rings is 1. The number of H-pyrrole nitrogens is 1. The molecule has 0 unspecified atom stereocenters. The van der Waals surface area contributed by atoms with E-state index in [1.165, 1.54) is 5.19 Å². The number of nitrogens with zero attached hydrogens (tertiary/aromatic N) is 1. The van der Waals surface area contributed by atoms with Gasteiger partial charge >= 0.3 is 5.63 Å². The normalized spacial score (nSPS) is 13.4. The molecule has 23 heavy (non-hydrogen) atoms. The monoisotopic (exact) mass is 349 g/mol. The first-order valence-electron chi connectivity index (χ1n) is 8.11. The summed E-state index contributed by atoms with van der Waals surface area (Å²) in [5.74, 6) is 0. The predicted octanol–water partition coefficient (Wildman–Crippen LogP) is 2.51. The molecule has 2 rings (SSSR count). The van der Waals surface area contributed by atoms with Gasteiger partial charge in [-0.2, -0.15) is 0 Å². The highest BCUT2D eigenvalue weighted by Crippen LogP contribution is 2.36. The maximum Gasteiger partial charge on any atom is 0.424 e. The Morgan fingerprint density at radius 1 is 1.04 bits per heavy atom. The van der Waals surface area contributed by atoms with Crippen molar-refractivity contribution in [3.63, 3.8) is 0 Å². The van der Waals surface area contributed by atoms with E-state index in [2.05, 4.69) is 77.0 Å². The van der Waals surface area contributed by atoms with E-state index in [1.807, 2.05) is 10.7 Å². The molecule has 126 valence electrons. The van der Waals surface area contributed by atoms with Crippen LogP contribution in [-0.4, -0.2) is 21.4 Å². The molecular weight excluding hydrogens is 320 g/mol. The molecule has 1 N–H and O–H groups in total. The van der Waals surface area contributed by atoms with Crippen LogP contribution in [0.5, 0.6) is 0 Å². The predicted molar refractivity (Wildman–Crippen MR) is 101 cm³/mol. The molecule has 0 saturated heterocycles. The van der Waals surface area contributed by atoms with Crippen molar-refractivity contribution in [2.75, 3.05) is 0 Å². The van der Waals surface area contributed by atoms with Crippen molar-refractivity contribution in [1.29, 1.82) is 0 Å². The first kappa shape index (κ1) is 17.9. The summed E-state index contributed by atoms with van der Waals surface area (Å²) >= 11 is 0. The zero-order valence-corrected chi connectivity index (χ0v) is 17.6. The van der Waals surface area contributed by atoms with Crippen molar-refractivity contribution >= 4 is 26.7 Å². The van der Waals surface area contributed by atoms with E-state index in [0.29, 0.717) is 0 Å². The Morgan fingerprint density at radius 3 is 2.13 bits per heavy atom. The number of aromatic nitrogens is 2. The van der Waals surface area contributed by atoms with Gasteiger partial charge in [0.05, 0.1) is 8.07 Å². The standard InChI is InChI=1S/C17H28N2O2Si2/c1-17(2,3)23(7,8)14-12-10-9-11-13(14)19-15(22(4,5)6)16(20)21-18-19/h9-12H,1-8H3/p+1. The Kier molecular flexibility index (Phi) is 4.36. The van der Waals surface area contributed by atoms with E-state index in [-0.39, 0.29) is 10.7 Å². The van der Waals surface area contributed by atoms with E-state index < -0.39 is 16.1 Å². The number of nitrogens with one attached hydrogen (secondary N) is 1. The summed E-state index contributed by atoms with van der Waals surface area (Å²) in [4.78, 5) is 12.2. The molecule has 0 bridgehead atoms. The van der Waals surface area contributed by atoms with E-state index in [4.69, 9.17) is 4.52 Å². The van der Waals surface area contributed by atoms with Gasteiger partial charge in [-0.3, -0.25) is 4.52 Å². The minimum atomic E-state index is -1.84. The van der Waals surface area contributed by atoms with Crippen molar-refractivity contribution in [3.8, 4) is 5.69 Å². The van der Waals surface area contributed by atoms with Crippen LogP contribution in [0, 0.1) is 0 Å². The van der Waals surface area contributed by atoms with Gasteiger partial charge in [0.15, 0.2) is 8.07 Å². The Morgan fingerprint density at radius 2 is 1.61 bits per heavy atom. The number of para-hydroxylation sites is 1. The molecule has 0 amide bonds. The average Bonchev–Trinajstić information content (AvgIpc) is 2.79. The van der Waals surface area contributed by atoms with Gasteiger partial charge in [0.2, 0.25) is 5.69 Å². The Balaban J connectivity index is 2.77. The van der Waals surface area contributed by atoms with Gasteiger partial charge in [-0.25, -0.2) is 4.79 Å². The van der Waals surface area contributed by atoms with Gasteiger partial charge in [-0.1, -0.05) is 71.7 Å². The van der Waals surface area contributed by atoms with Crippen LogP contribution in [0.2, 0.25) is 37.8 Å². The van der Waals surface area contributed by atoms with Crippen molar-refractivity contribution in [2.45, 2.75) is 58.5 Å². The van der Waals surface area contributed by atoms with Crippen molar-refractivity contribution in [2.24, 2.45) is 0 Å². The van der Waals surface area contributed by atoms with E-state index in [0.717, 1.165) is 11.0 Å². The number of hydrogen-bond donors (Lipinski definition) is 1. The molecule has 1 aromatic carbocycles. The van der Waals surface area contributed by atoms with Gasteiger partial charge < -0.3 is 0 Å². The van der Waals surface area contributed by atoms with E-state index in [1.54, 1.807) is 0 Å². The molecule has 0 radical (unpaired) electrons. The summed E-state index contributed by atoms with van der Waals surface area (Å²) in [5.41, 5.74) is 0.816. The Labute approximate surface area is 140 Å². The highest BCUT2D eigenvalue weighted by atomic mass is 28.3. The van der Waals surface area contributed by atoms with Crippen LogP contribution in [0.15, 0.2) is 33.6 Å². The van der Waals surface area contributed by atoms with Gasteiger partial charge in [0.25, 0.3) is 5.32 Å². The van der Waals surface area contributed by atoms with Crippen molar-refractivity contribution < 1.29 is 9.20 Å². The highest BCUT2D eigenvalue weighted by molar-refractivity contribution is 6.92. The van der Waals surface area contributed by atoms with Crippen molar-refractivity contribution in [3.05, 3.63) is 34.7 Å². The van der Waals surface area contributed by atoms with Gasteiger partial charge in [0.1, 0.15) is 0 Å². The van der Waals surface area contributed by atoms with Gasteiger partial charge in [-0.15, -0.1) is 0 Å². The molecule has 0 fully saturated rings. The minimum absolute atomic E-state index is 0.215. The smallest absolute Gasteiger partial charge is 0.283 e. The lowest BCUT2D eigenvalue weighted by Gasteiger charge is -2.36. The molecular formula is C17H29N2O2Si2+. The topological polar surface area (TPSA) is 49.9 Å². The molecule has 0 aliphatic carbocycles. The average molecular weight is 350 g/mol. The van der Waals surface area contributed by atoms with E-state index in [9.17, 15) is 4.79 Å². The molecule has 0 atom stereocenters. The zero-order valence-electron chi connectivity index (χ0n) is 15.6. The number of rotatable bonds is 3. The molecule has 2 aromatic rings. The number of aromatic amines is 1. The summed E-state index contributed by atoms with van der Waals surface area (Å²) in [7, 11) is -3.59. The third-order valence-electron chi connectivity index (χ3n) is 5.05. The molecule has 0 aliphatic heterocycles. The SMILES string of the molecule is CC(C)(C)[Si](C)(C)c1ccccc1-[n+]1[nH]oc(=O)c1[Si](C)(C)C. The highest BCUT2D eigenvalue weighted by Gasteiger charge is 2.43. The second-order valence-corrected chi connectivity index (χ2v) is 19.1. The quantitative estimate of drug-likeness (QED) is 0.684. The summed E-state index contributed by atoms with van der Waals surface area (Å²) in [6.45, 7) is 18.2. The maximum absolute atomic E-state index is 12.2. The van der Waals surface area contributed by atoms with E-state index >= 15 is 0 Å². The molecule has 0 spiro atoms.